The van der Waals surface area contributed by atoms with Crippen LogP contribution in [0.5, 0.6) is 0 Å². The Morgan fingerprint density at radius 1 is 1.50 bits per heavy atom. The lowest BCUT2D eigenvalue weighted by Gasteiger charge is -2.24. The van der Waals surface area contributed by atoms with Crippen molar-refractivity contribution < 1.29 is 9.50 Å². The maximum Gasteiger partial charge on any atom is 0.126 e. The second-order valence-electron chi connectivity index (χ2n) is 5.35. The van der Waals surface area contributed by atoms with E-state index in [0.717, 1.165) is 24.7 Å². The van der Waals surface area contributed by atoms with Crippen LogP contribution in [0.15, 0.2) is 12.1 Å². The first-order chi connectivity index (χ1) is 8.52. The van der Waals surface area contributed by atoms with Crippen molar-refractivity contribution in [2.45, 2.75) is 39.7 Å². The predicted octanol–water partition coefficient (Wildman–Crippen LogP) is 3.42. The SMILES string of the molecule is CCC1CCN(c2cc(C)c(F)cc2[C@@H](C)O)C1. The first-order valence-electron chi connectivity index (χ1n) is 6.76. The van der Waals surface area contributed by atoms with Crippen LogP contribution in [-0.2, 0) is 0 Å². The summed E-state index contributed by atoms with van der Waals surface area (Å²) < 4.78 is 13.6. The lowest BCUT2D eigenvalue weighted by molar-refractivity contribution is 0.199. The van der Waals surface area contributed by atoms with Gasteiger partial charge in [0.15, 0.2) is 0 Å². The average Bonchev–Trinajstić information content (AvgIpc) is 2.80. The van der Waals surface area contributed by atoms with Gasteiger partial charge in [0, 0.05) is 24.3 Å². The van der Waals surface area contributed by atoms with E-state index in [1.807, 2.05) is 6.07 Å². The van der Waals surface area contributed by atoms with Gasteiger partial charge in [-0.15, -0.1) is 0 Å². The Bertz CT molecular complexity index is 431. The van der Waals surface area contributed by atoms with Gasteiger partial charge in [-0.3, -0.25) is 0 Å². The summed E-state index contributed by atoms with van der Waals surface area (Å²) in [5.74, 6) is 0.484. The fourth-order valence-corrected chi connectivity index (χ4v) is 2.67. The second-order valence-corrected chi connectivity index (χ2v) is 5.35. The number of aliphatic hydroxyl groups excluding tert-OH is 1. The van der Waals surface area contributed by atoms with Crippen molar-refractivity contribution >= 4 is 5.69 Å². The molecule has 1 aromatic rings. The molecule has 0 bridgehead atoms. The van der Waals surface area contributed by atoms with Crippen molar-refractivity contribution in [3.8, 4) is 0 Å². The maximum absolute atomic E-state index is 13.6. The lowest BCUT2D eigenvalue weighted by atomic mass is 10.0. The Balaban J connectivity index is 2.34. The summed E-state index contributed by atoms with van der Waals surface area (Å²) in [6.45, 7) is 7.70. The van der Waals surface area contributed by atoms with E-state index in [1.165, 1.54) is 18.9 Å². The van der Waals surface area contributed by atoms with Gasteiger partial charge >= 0.3 is 0 Å². The highest BCUT2D eigenvalue weighted by Gasteiger charge is 2.24. The highest BCUT2D eigenvalue weighted by molar-refractivity contribution is 5.57. The maximum atomic E-state index is 13.6. The molecule has 100 valence electrons. The second kappa shape index (κ2) is 5.27. The number of aliphatic hydroxyl groups is 1. The summed E-state index contributed by atoms with van der Waals surface area (Å²) in [7, 11) is 0. The molecule has 0 amide bonds. The van der Waals surface area contributed by atoms with Crippen LogP contribution in [0.25, 0.3) is 0 Å². The predicted molar refractivity (Wildman–Crippen MR) is 72.4 cm³/mol. The van der Waals surface area contributed by atoms with Crippen LogP contribution in [0.1, 0.15) is 43.9 Å². The molecular weight excluding hydrogens is 229 g/mol. The van der Waals surface area contributed by atoms with E-state index in [9.17, 15) is 9.50 Å². The van der Waals surface area contributed by atoms with Crippen molar-refractivity contribution in [2.24, 2.45) is 5.92 Å². The van der Waals surface area contributed by atoms with Gasteiger partial charge in [0.1, 0.15) is 5.82 Å². The number of nitrogens with zero attached hydrogens (tertiary/aromatic N) is 1. The number of hydrogen-bond acceptors (Lipinski definition) is 2. The molecule has 0 spiro atoms. The van der Waals surface area contributed by atoms with E-state index >= 15 is 0 Å². The van der Waals surface area contributed by atoms with Gasteiger partial charge in [0.05, 0.1) is 6.10 Å². The zero-order chi connectivity index (χ0) is 13.3. The fraction of sp³-hybridized carbons (Fsp3) is 0.600. The van der Waals surface area contributed by atoms with Crippen molar-refractivity contribution in [3.63, 3.8) is 0 Å². The molecule has 1 aliphatic rings. The van der Waals surface area contributed by atoms with Crippen LogP contribution in [0.3, 0.4) is 0 Å². The molecule has 0 aliphatic carbocycles. The van der Waals surface area contributed by atoms with Crippen molar-refractivity contribution in [1.82, 2.24) is 0 Å². The molecule has 1 aromatic carbocycles. The molecular formula is C15H22FNO. The highest BCUT2D eigenvalue weighted by atomic mass is 19.1. The number of benzene rings is 1. The van der Waals surface area contributed by atoms with Gasteiger partial charge in [-0.1, -0.05) is 13.3 Å². The van der Waals surface area contributed by atoms with Crippen LogP contribution in [0.4, 0.5) is 10.1 Å². The summed E-state index contributed by atoms with van der Waals surface area (Å²) in [5, 5.41) is 9.81. The van der Waals surface area contributed by atoms with Gasteiger partial charge in [-0.2, -0.15) is 0 Å². The zero-order valence-electron chi connectivity index (χ0n) is 11.4. The molecule has 0 aromatic heterocycles. The third-order valence-corrected chi connectivity index (χ3v) is 3.96. The Kier molecular flexibility index (Phi) is 3.91. The van der Waals surface area contributed by atoms with E-state index in [-0.39, 0.29) is 5.82 Å². The van der Waals surface area contributed by atoms with Gasteiger partial charge in [-0.25, -0.2) is 4.39 Å². The Labute approximate surface area is 108 Å². The van der Waals surface area contributed by atoms with Crippen LogP contribution in [0, 0.1) is 18.7 Å². The molecule has 2 nitrogen and oxygen atoms in total. The Morgan fingerprint density at radius 3 is 2.78 bits per heavy atom. The van der Waals surface area contributed by atoms with Gasteiger partial charge in [0.25, 0.3) is 0 Å². The normalized spacial score (nSPS) is 21.4. The highest BCUT2D eigenvalue weighted by Crippen LogP contribution is 2.33. The molecule has 1 saturated heterocycles. The van der Waals surface area contributed by atoms with Crippen LogP contribution in [0.2, 0.25) is 0 Å². The standard InChI is InChI=1S/C15H22FNO/c1-4-12-5-6-17(9-12)15-7-10(2)14(16)8-13(15)11(3)18/h7-8,11-12,18H,4-6,9H2,1-3H3/t11-,12?/m1/s1. The molecule has 2 rings (SSSR count). The number of aryl methyl sites for hydroxylation is 1. The minimum Gasteiger partial charge on any atom is -0.389 e. The topological polar surface area (TPSA) is 23.5 Å². The first-order valence-corrected chi connectivity index (χ1v) is 6.76. The summed E-state index contributed by atoms with van der Waals surface area (Å²) in [4.78, 5) is 2.28. The summed E-state index contributed by atoms with van der Waals surface area (Å²) in [6.07, 6.45) is 1.74. The quantitative estimate of drug-likeness (QED) is 0.889. The minimum atomic E-state index is -0.629. The van der Waals surface area contributed by atoms with E-state index in [0.29, 0.717) is 11.1 Å². The van der Waals surface area contributed by atoms with Crippen molar-refractivity contribution in [2.75, 3.05) is 18.0 Å². The molecule has 18 heavy (non-hydrogen) atoms. The monoisotopic (exact) mass is 251 g/mol. The number of hydrogen-bond donors (Lipinski definition) is 1. The molecule has 1 N–H and O–H groups in total. The molecule has 1 aliphatic heterocycles. The van der Waals surface area contributed by atoms with Gasteiger partial charge in [-0.05, 0) is 43.9 Å². The van der Waals surface area contributed by atoms with E-state index in [1.54, 1.807) is 13.8 Å². The molecule has 0 saturated carbocycles. The molecule has 3 heteroatoms. The molecule has 1 heterocycles. The number of anilines is 1. The third kappa shape index (κ3) is 2.51. The summed E-state index contributed by atoms with van der Waals surface area (Å²) in [5.41, 5.74) is 2.35. The Hall–Kier alpha value is -1.09. The van der Waals surface area contributed by atoms with E-state index < -0.39 is 6.10 Å². The average molecular weight is 251 g/mol. The summed E-state index contributed by atoms with van der Waals surface area (Å²) in [6, 6.07) is 3.35. The zero-order valence-corrected chi connectivity index (χ0v) is 11.4. The van der Waals surface area contributed by atoms with Gasteiger partial charge in [0.2, 0.25) is 0 Å². The van der Waals surface area contributed by atoms with Crippen molar-refractivity contribution in [3.05, 3.63) is 29.1 Å². The van der Waals surface area contributed by atoms with E-state index in [4.69, 9.17) is 0 Å². The van der Waals surface area contributed by atoms with Crippen LogP contribution in [-0.4, -0.2) is 18.2 Å². The molecule has 1 fully saturated rings. The number of rotatable bonds is 3. The Morgan fingerprint density at radius 2 is 2.22 bits per heavy atom. The molecule has 1 unspecified atom stereocenters. The smallest absolute Gasteiger partial charge is 0.126 e. The third-order valence-electron chi connectivity index (χ3n) is 3.96. The molecule has 0 radical (unpaired) electrons. The minimum absolute atomic E-state index is 0.235. The summed E-state index contributed by atoms with van der Waals surface area (Å²) >= 11 is 0. The van der Waals surface area contributed by atoms with Crippen molar-refractivity contribution in [1.29, 1.82) is 0 Å². The number of halogens is 1. The van der Waals surface area contributed by atoms with E-state index in [2.05, 4.69) is 11.8 Å². The largest absolute Gasteiger partial charge is 0.389 e. The lowest BCUT2D eigenvalue weighted by Crippen LogP contribution is -2.22. The van der Waals surface area contributed by atoms with Crippen LogP contribution >= 0.6 is 0 Å². The molecule has 2 atom stereocenters. The first kappa shape index (κ1) is 13.3. The van der Waals surface area contributed by atoms with Crippen LogP contribution < -0.4 is 4.90 Å². The van der Waals surface area contributed by atoms with Gasteiger partial charge < -0.3 is 10.0 Å². The fourth-order valence-electron chi connectivity index (χ4n) is 2.67.